The maximum Gasteiger partial charge on any atom is 0.337 e. The van der Waals surface area contributed by atoms with Crippen molar-refractivity contribution in [1.82, 2.24) is 10.3 Å². The molecule has 0 bridgehead atoms. The van der Waals surface area contributed by atoms with E-state index in [9.17, 15) is 9.90 Å². The Morgan fingerprint density at radius 2 is 1.91 bits per heavy atom. The van der Waals surface area contributed by atoms with E-state index in [-0.39, 0.29) is 36.5 Å². The van der Waals surface area contributed by atoms with Crippen molar-refractivity contribution in [3.8, 4) is 5.75 Å². The van der Waals surface area contributed by atoms with Crippen LogP contribution in [0, 0.1) is 11.8 Å². The molecule has 1 saturated carbocycles. The van der Waals surface area contributed by atoms with E-state index in [0.29, 0.717) is 17.6 Å². The van der Waals surface area contributed by atoms with Crippen LogP contribution in [0.4, 0.5) is 0 Å². The molecule has 2 fully saturated rings. The Labute approximate surface area is 141 Å². The summed E-state index contributed by atoms with van der Waals surface area (Å²) in [5, 5.41) is 22.4. The average Bonchev–Trinajstić information content (AvgIpc) is 2.86. The van der Waals surface area contributed by atoms with Crippen LogP contribution in [0.3, 0.4) is 0 Å². The Morgan fingerprint density at radius 1 is 1.23 bits per heavy atom. The van der Waals surface area contributed by atoms with Gasteiger partial charge in [0.15, 0.2) is 0 Å². The number of fused-ring (bicyclic) bond motifs is 1. The highest BCUT2D eigenvalue weighted by atomic mass is 35.5. The molecule has 1 saturated heterocycles. The largest absolute Gasteiger partial charge is 0.486 e. The van der Waals surface area contributed by atoms with Gasteiger partial charge in [0.25, 0.3) is 0 Å². The van der Waals surface area contributed by atoms with Crippen LogP contribution < -0.4 is 10.1 Å². The Bertz CT molecular complexity index is 517. The summed E-state index contributed by atoms with van der Waals surface area (Å²) in [4.78, 5) is 14.8. The van der Waals surface area contributed by atoms with Gasteiger partial charge in [-0.1, -0.05) is 0 Å². The van der Waals surface area contributed by atoms with Gasteiger partial charge < -0.3 is 20.3 Å². The standard InChI is InChI=1S/C14H18N2O4.2ClH/c17-12-2-8-4-15-5-9(8)3-13(12)20-11-1-10(14(18)19)6-16-7-11;;/h1,6-9,12-13,15,17H,2-5H2,(H,18,19);2*1H/t8-,9+,12+,13+;;/m0../s1. The summed E-state index contributed by atoms with van der Waals surface area (Å²) in [5.74, 6) is 0.415. The number of aliphatic hydroxyl groups excluding tert-OH is 1. The topological polar surface area (TPSA) is 91.7 Å². The number of aromatic carboxylic acids is 1. The van der Waals surface area contributed by atoms with Crippen LogP contribution in [0.5, 0.6) is 5.75 Å². The zero-order valence-corrected chi connectivity index (χ0v) is 13.5. The second kappa shape index (κ2) is 7.97. The highest BCUT2D eigenvalue weighted by molar-refractivity contribution is 5.87. The van der Waals surface area contributed by atoms with E-state index in [1.54, 1.807) is 0 Å². The van der Waals surface area contributed by atoms with Gasteiger partial charge >= 0.3 is 5.97 Å². The van der Waals surface area contributed by atoms with Gasteiger partial charge in [-0.25, -0.2) is 4.79 Å². The smallest absolute Gasteiger partial charge is 0.337 e. The van der Waals surface area contributed by atoms with Gasteiger partial charge in [0.05, 0.1) is 17.9 Å². The zero-order chi connectivity index (χ0) is 14.1. The quantitative estimate of drug-likeness (QED) is 0.762. The summed E-state index contributed by atoms with van der Waals surface area (Å²) in [7, 11) is 0. The van der Waals surface area contributed by atoms with Crippen LogP contribution in [-0.4, -0.2) is 46.5 Å². The molecule has 0 spiro atoms. The lowest BCUT2D eigenvalue weighted by Crippen LogP contribution is -2.42. The maximum absolute atomic E-state index is 10.9. The van der Waals surface area contributed by atoms with Crippen molar-refractivity contribution in [3.63, 3.8) is 0 Å². The zero-order valence-electron chi connectivity index (χ0n) is 11.8. The molecule has 0 unspecified atom stereocenters. The van der Waals surface area contributed by atoms with E-state index in [2.05, 4.69) is 10.3 Å². The Hall–Kier alpha value is -1.08. The third-order valence-corrected chi connectivity index (χ3v) is 4.24. The van der Waals surface area contributed by atoms with Crippen molar-refractivity contribution in [3.05, 3.63) is 24.0 Å². The van der Waals surface area contributed by atoms with E-state index in [0.717, 1.165) is 25.9 Å². The van der Waals surface area contributed by atoms with Gasteiger partial charge in [0.2, 0.25) is 0 Å². The van der Waals surface area contributed by atoms with Crippen LogP contribution in [0.15, 0.2) is 18.5 Å². The first-order chi connectivity index (χ1) is 9.63. The number of aliphatic hydroxyl groups is 1. The van der Waals surface area contributed by atoms with Crippen molar-refractivity contribution >= 4 is 30.8 Å². The van der Waals surface area contributed by atoms with Gasteiger partial charge in [0, 0.05) is 6.20 Å². The minimum Gasteiger partial charge on any atom is -0.486 e. The summed E-state index contributed by atoms with van der Waals surface area (Å²) in [6.07, 6.45) is 3.48. The number of pyridine rings is 1. The lowest BCUT2D eigenvalue weighted by molar-refractivity contribution is -0.0233. The molecule has 1 aromatic rings. The first-order valence-corrected chi connectivity index (χ1v) is 6.87. The number of hydrogen-bond acceptors (Lipinski definition) is 5. The van der Waals surface area contributed by atoms with E-state index < -0.39 is 12.1 Å². The number of ether oxygens (including phenoxy) is 1. The van der Waals surface area contributed by atoms with Crippen molar-refractivity contribution in [2.75, 3.05) is 13.1 Å². The predicted molar refractivity (Wildman–Crippen MR) is 85.2 cm³/mol. The summed E-state index contributed by atoms with van der Waals surface area (Å²) in [5.41, 5.74) is 0.0909. The molecule has 0 amide bonds. The van der Waals surface area contributed by atoms with E-state index in [1.807, 2.05) is 0 Å². The van der Waals surface area contributed by atoms with Crippen LogP contribution in [-0.2, 0) is 0 Å². The maximum atomic E-state index is 10.9. The molecule has 124 valence electrons. The lowest BCUT2D eigenvalue weighted by Gasteiger charge is -2.35. The van der Waals surface area contributed by atoms with E-state index >= 15 is 0 Å². The number of rotatable bonds is 3. The SMILES string of the molecule is Cl.Cl.O=C(O)c1cncc(O[C@@H]2C[C@@H]3CNC[C@@H]3C[C@H]2O)c1. The Kier molecular flexibility index (Phi) is 6.87. The summed E-state index contributed by atoms with van der Waals surface area (Å²) >= 11 is 0. The average molecular weight is 351 g/mol. The fourth-order valence-electron chi connectivity index (χ4n) is 3.16. The van der Waals surface area contributed by atoms with E-state index in [1.165, 1.54) is 18.5 Å². The molecule has 8 heteroatoms. The molecule has 6 nitrogen and oxygen atoms in total. The highest BCUT2D eigenvalue weighted by Gasteiger charge is 2.39. The molecule has 0 radical (unpaired) electrons. The first kappa shape index (κ1) is 19.0. The molecular formula is C14H20Cl2N2O4. The van der Waals surface area contributed by atoms with Gasteiger partial charge in [-0.3, -0.25) is 4.98 Å². The number of carboxylic acid groups (broad SMARTS) is 1. The highest BCUT2D eigenvalue weighted by Crippen LogP contribution is 2.34. The molecule has 2 heterocycles. The van der Waals surface area contributed by atoms with Crippen molar-refractivity contribution in [2.24, 2.45) is 11.8 Å². The minimum atomic E-state index is -1.04. The van der Waals surface area contributed by atoms with Crippen LogP contribution in [0.2, 0.25) is 0 Å². The number of carboxylic acids is 1. The number of hydrogen-bond donors (Lipinski definition) is 3. The van der Waals surface area contributed by atoms with Crippen LogP contribution in [0.25, 0.3) is 0 Å². The third-order valence-electron chi connectivity index (χ3n) is 4.24. The monoisotopic (exact) mass is 350 g/mol. The number of aromatic nitrogens is 1. The summed E-state index contributed by atoms with van der Waals surface area (Å²) < 4.78 is 5.76. The summed E-state index contributed by atoms with van der Waals surface area (Å²) in [6, 6.07) is 1.45. The van der Waals surface area contributed by atoms with Gasteiger partial charge in [0.1, 0.15) is 11.9 Å². The molecular weight excluding hydrogens is 331 g/mol. The van der Waals surface area contributed by atoms with E-state index in [4.69, 9.17) is 9.84 Å². The molecule has 0 aromatic carbocycles. The second-order valence-electron chi connectivity index (χ2n) is 5.59. The van der Waals surface area contributed by atoms with Crippen LogP contribution >= 0.6 is 24.8 Å². The fourth-order valence-corrected chi connectivity index (χ4v) is 3.16. The normalized spacial score (nSPS) is 29.7. The van der Waals surface area contributed by atoms with Gasteiger partial charge in [-0.15, -0.1) is 24.8 Å². The molecule has 2 aliphatic rings. The number of halogens is 2. The van der Waals surface area contributed by atoms with Crippen molar-refractivity contribution in [1.29, 1.82) is 0 Å². The van der Waals surface area contributed by atoms with Gasteiger partial charge in [-0.05, 0) is 43.8 Å². The number of nitrogens with one attached hydrogen (secondary N) is 1. The number of nitrogens with zero attached hydrogens (tertiary/aromatic N) is 1. The molecule has 4 atom stereocenters. The first-order valence-electron chi connectivity index (χ1n) is 6.87. The Morgan fingerprint density at radius 3 is 2.59 bits per heavy atom. The minimum absolute atomic E-state index is 0. The molecule has 1 aliphatic carbocycles. The summed E-state index contributed by atoms with van der Waals surface area (Å²) in [6.45, 7) is 1.93. The molecule has 3 N–H and O–H groups in total. The molecule has 1 aromatic heterocycles. The molecule has 1 aliphatic heterocycles. The van der Waals surface area contributed by atoms with Gasteiger partial charge in [-0.2, -0.15) is 0 Å². The second-order valence-corrected chi connectivity index (χ2v) is 5.59. The lowest BCUT2D eigenvalue weighted by atomic mass is 9.78. The fraction of sp³-hybridized carbons (Fsp3) is 0.571. The van der Waals surface area contributed by atoms with Crippen molar-refractivity contribution < 1.29 is 19.7 Å². The number of carbonyl (C=O) groups is 1. The third kappa shape index (κ3) is 4.01. The molecule has 3 rings (SSSR count). The predicted octanol–water partition coefficient (Wildman–Crippen LogP) is 1.36. The van der Waals surface area contributed by atoms with Crippen LogP contribution in [0.1, 0.15) is 23.2 Å². The molecule has 22 heavy (non-hydrogen) atoms. The van der Waals surface area contributed by atoms with Crippen molar-refractivity contribution in [2.45, 2.75) is 25.0 Å². The Balaban J connectivity index is 0.00000121.